The van der Waals surface area contributed by atoms with Crippen molar-refractivity contribution in [1.29, 1.82) is 0 Å². The quantitative estimate of drug-likeness (QED) is 0.640. The van der Waals surface area contributed by atoms with Gasteiger partial charge in [-0.05, 0) is 42.7 Å². The van der Waals surface area contributed by atoms with Crippen molar-refractivity contribution in [2.45, 2.75) is 44.8 Å². The number of benzene rings is 2. The van der Waals surface area contributed by atoms with Crippen LogP contribution in [0.5, 0.6) is 5.75 Å². The van der Waals surface area contributed by atoms with Crippen molar-refractivity contribution in [2.24, 2.45) is 0 Å². The smallest absolute Gasteiger partial charge is 0.255 e. The number of hydrogen-bond donors (Lipinski definition) is 2. The second kappa shape index (κ2) is 10.3. The number of amides is 2. The number of rotatable bonds is 8. The van der Waals surface area contributed by atoms with Gasteiger partial charge in [0.1, 0.15) is 12.4 Å². The largest absolute Gasteiger partial charge is 0.488 e. The Hall–Kier alpha value is -2.34. The van der Waals surface area contributed by atoms with Crippen LogP contribution in [0.2, 0.25) is 0 Å². The van der Waals surface area contributed by atoms with Crippen LogP contribution >= 0.6 is 15.9 Å². The van der Waals surface area contributed by atoms with Gasteiger partial charge in [-0.1, -0.05) is 53.0 Å². The molecule has 2 aromatic carbocycles. The molecule has 2 aromatic rings. The molecule has 0 aliphatic heterocycles. The van der Waals surface area contributed by atoms with E-state index in [1.54, 1.807) is 18.2 Å². The standard InChI is InChI=1S/C22H25BrN2O3/c23-17-7-5-6-16(14-17)15-28-20-11-4-3-10-19(20)22(27)24-13-12-21(26)25-18-8-1-2-9-18/h3-7,10-11,14,18H,1-2,8-9,12-13,15H2,(H,24,27)(H,25,26). The zero-order valence-electron chi connectivity index (χ0n) is 15.7. The predicted molar refractivity (Wildman–Crippen MR) is 112 cm³/mol. The van der Waals surface area contributed by atoms with Gasteiger partial charge in [0.05, 0.1) is 5.56 Å². The number of hydrogen-bond acceptors (Lipinski definition) is 3. The minimum absolute atomic E-state index is 0.00797. The van der Waals surface area contributed by atoms with Crippen LogP contribution in [-0.2, 0) is 11.4 Å². The molecule has 0 saturated heterocycles. The van der Waals surface area contributed by atoms with Crippen molar-refractivity contribution in [3.8, 4) is 5.75 Å². The van der Waals surface area contributed by atoms with E-state index < -0.39 is 0 Å². The minimum atomic E-state index is -0.237. The number of carbonyl (C=O) groups is 2. The lowest BCUT2D eigenvalue weighted by atomic mass is 10.2. The van der Waals surface area contributed by atoms with Crippen molar-refractivity contribution in [2.75, 3.05) is 6.54 Å². The molecule has 0 aromatic heterocycles. The Morgan fingerprint density at radius 2 is 1.86 bits per heavy atom. The van der Waals surface area contributed by atoms with E-state index in [1.807, 2.05) is 30.3 Å². The number of para-hydroxylation sites is 1. The molecule has 0 heterocycles. The maximum atomic E-state index is 12.5. The van der Waals surface area contributed by atoms with Crippen molar-refractivity contribution in [1.82, 2.24) is 10.6 Å². The van der Waals surface area contributed by atoms with Gasteiger partial charge in [0.15, 0.2) is 0 Å². The van der Waals surface area contributed by atoms with E-state index in [9.17, 15) is 9.59 Å². The van der Waals surface area contributed by atoms with Crippen LogP contribution in [0.1, 0.15) is 48.0 Å². The predicted octanol–water partition coefficient (Wildman–Crippen LogP) is 4.21. The Morgan fingerprint density at radius 1 is 1.07 bits per heavy atom. The van der Waals surface area contributed by atoms with E-state index in [2.05, 4.69) is 26.6 Å². The molecule has 0 unspecified atom stereocenters. The normalized spacial score (nSPS) is 13.9. The molecular weight excluding hydrogens is 420 g/mol. The van der Waals surface area contributed by atoms with Crippen LogP contribution in [0.3, 0.4) is 0 Å². The van der Waals surface area contributed by atoms with E-state index in [4.69, 9.17) is 4.74 Å². The molecule has 2 amide bonds. The summed E-state index contributed by atoms with van der Waals surface area (Å²) in [6, 6.07) is 15.3. The van der Waals surface area contributed by atoms with E-state index in [0.29, 0.717) is 30.5 Å². The van der Waals surface area contributed by atoms with Gasteiger partial charge in [-0.15, -0.1) is 0 Å². The van der Waals surface area contributed by atoms with Crippen LogP contribution in [0.4, 0.5) is 0 Å². The summed E-state index contributed by atoms with van der Waals surface area (Å²) in [6.07, 6.45) is 4.75. The molecule has 1 aliphatic carbocycles. The van der Waals surface area contributed by atoms with E-state index >= 15 is 0 Å². The lowest BCUT2D eigenvalue weighted by Gasteiger charge is -2.13. The van der Waals surface area contributed by atoms with Crippen LogP contribution in [0, 0.1) is 0 Å². The average molecular weight is 445 g/mol. The van der Waals surface area contributed by atoms with Gasteiger partial charge in [0, 0.05) is 23.5 Å². The molecule has 2 N–H and O–H groups in total. The lowest BCUT2D eigenvalue weighted by Crippen LogP contribution is -2.35. The Bertz CT molecular complexity index is 819. The fourth-order valence-electron chi connectivity index (χ4n) is 3.32. The van der Waals surface area contributed by atoms with Crippen molar-refractivity contribution >= 4 is 27.7 Å². The molecule has 0 spiro atoms. The number of nitrogens with one attached hydrogen (secondary N) is 2. The molecule has 0 radical (unpaired) electrons. The summed E-state index contributed by atoms with van der Waals surface area (Å²) < 4.78 is 6.84. The number of ether oxygens (including phenoxy) is 1. The van der Waals surface area contributed by atoms with Gasteiger partial charge in [0.2, 0.25) is 5.91 Å². The maximum absolute atomic E-state index is 12.5. The molecule has 5 nitrogen and oxygen atoms in total. The molecule has 0 bridgehead atoms. The first-order valence-electron chi connectivity index (χ1n) is 9.65. The van der Waals surface area contributed by atoms with E-state index in [1.165, 1.54) is 12.8 Å². The Kier molecular flexibility index (Phi) is 7.48. The van der Waals surface area contributed by atoms with Crippen molar-refractivity contribution < 1.29 is 14.3 Å². The highest BCUT2D eigenvalue weighted by atomic mass is 79.9. The van der Waals surface area contributed by atoms with Crippen molar-refractivity contribution in [3.63, 3.8) is 0 Å². The summed E-state index contributed by atoms with van der Waals surface area (Å²) in [5.41, 5.74) is 1.47. The Morgan fingerprint density at radius 3 is 2.64 bits per heavy atom. The molecule has 1 saturated carbocycles. The fourth-order valence-corrected chi connectivity index (χ4v) is 3.77. The number of carbonyl (C=O) groups excluding carboxylic acids is 2. The first-order chi connectivity index (χ1) is 13.6. The van der Waals surface area contributed by atoms with Gasteiger partial charge in [0.25, 0.3) is 5.91 Å². The molecule has 3 rings (SSSR count). The fraction of sp³-hybridized carbons (Fsp3) is 0.364. The average Bonchev–Trinajstić information content (AvgIpc) is 3.19. The number of halogens is 1. The lowest BCUT2D eigenvalue weighted by molar-refractivity contribution is -0.121. The highest BCUT2D eigenvalue weighted by molar-refractivity contribution is 9.10. The van der Waals surface area contributed by atoms with Gasteiger partial charge >= 0.3 is 0 Å². The van der Waals surface area contributed by atoms with Crippen LogP contribution in [0.15, 0.2) is 53.0 Å². The SMILES string of the molecule is O=C(CCNC(=O)c1ccccc1OCc1cccc(Br)c1)NC1CCCC1. The molecule has 1 aliphatic rings. The summed E-state index contributed by atoms with van der Waals surface area (Å²) in [7, 11) is 0. The van der Waals surface area contributed by atoms with Gasteiger partial charge < -0.3 is 15.4 Å². The Labute approximate surface area is 174 Å². The molecule has 28 heavy (non-hydrogen) atoms. The summed E-state index contributed by atoms with van der Waals surface area (Å²) in [4.78, 5) is 24.5. The summed E-state index contributed by atoms with van der Waals surface area (Å²) in [5, 5.41) is 5.84. The third kappa shape index (κ3) is 6.09. The maximum Gasteiger partial charge on any atom is 0.255 e. The summed E-state index contributed by atoms with van der Waals surface area (Å²) in [5.74, 6) is 0.278. The zero-order valence-corrected chi connectivity index (χ0v) is 17.3. The van der Waals surface area contributed by atoms with Crippen LogP contribution in [-0.4, -0.2) is 24.4 Å². The molecule has 148 valence electrons. The second-order valence-corrected chi connectivity index (χ2v) is 7.89. The second-order valence-electron chi connectivity index (χ2n) is 6.97. The summed E-state index contributed by atoms with van der Waals surface area (Å²) in [6.45, 7) is 0.672. The highest BCUT2D eigenvalue weighted by Crippen LogP contribution is 2.20. The minimum Gasteiger partial charge on any atom is -0.488 e. The zero-order chi connectivity index (χ0) is 19.8. The topological polar surface area (TPSA) is 67.4 Å². The third-order valence-electron chi connectivity index (χ3n) is 4.77. The molecule has 0 atom stereocenters. The van der Waals surface area contributed by atoms with Gasteiger partial charge in [-0.3, -0.25) is 9.59 Å². The van der Waals surface area contributed by atoms with E-state index in [-0.39, 0.29) is 18.2 Å². The highest BCUT2D eigenvalue weighted by Gasteiger charge is 2.17. The molecule has 6 heteroatoms. The third-order valence-corrected chi connectivity index (χ3v) is 5.27. The van der Waals surface area contributed by atoms with Crippen LogP contribution in [0.25, 0.3) is 0 Å². The first-order valence-corrected chi connectivity index (χ1v) is 10.4. The first kappa shape index (κ1) is 20.4. The Balaban J connectivity index is 1.49. The van der Waals surface area contributed by atoms with Gasteiger partial charge in [-0.2, -0.15) is 0 Å². The van der Waals surface area contributed by atoms with E-state index in [0.717, 1.165) is 22.9 Å². The molecule has 1 fully saturated rings. The van der Waals surface area contributed by atoms with Crippen molar-refractivity contribution in [3.05, 3.63) is 64.1 Å². The summed E-state index contributed by atoms with van der Waals surface area (Å²) >= 11 is 3.44. The molecular formula is C22H25BrN2O3. The van der Waals surface area contributed by atoms with Crippen LogP contribution < -0.4 is 15.4 Å². The monoisotopic (exact) mass is 444 g/mol. The van der Waals surface area contributed by atoms with Gasteiger partial charge in [-0.25, -0.2) is 0 Å².